The molecule has 4 rings (SSSR count). The predicted octanol–water partition coefficient (Wildman–Crippen LogP) is 3.69. The van der Waals surface area contributed by atoms with Crippen molar-refractivity contribution in [3.8, 4) is 5.75 Å². The molecule has 1 aliphatic rings. The average molecular weight is 445 g/mol. The fourth-order valence-electron chi connectivity index (χ4n) is 4.23. The van der Waals surface area contributed by atoms with Gasteiger partial charge in [-0.1, -0.05) is 12.1 Å². The van der Waals surface area contributed by atoms with Gasteiger partial charge in [0.2, 0.25) is 10.0 Å². The van der Waals surface area contributed by atoms with Crippen LogP contribution >= 0.6 is 0 Å². The van der Waals surface area contributed by atoms with Gasteiger partial charge in [-0.15, -0.1) is 0 Å². The second-order valence-electron chi connectivity index (χ2n) is 8.05. The monoisotopic (exact) mass is 444 g/mol. The zero-order valence-electron chi connectivity index (χ0n) is 17.5. The second kappa shape index (κ2) is 8.34. The van der Waals surface area contributed by atoms with E-state index in [0.29, 0.717) is 41.2 Å². The third-order valence-electron chi connectivity index (χ3n) is 5.90. The predicted molar refractivity (Wildman–Crippen MR) is 117 cm³/mol. The third kappa shape index (κ3) is 4.44. The van der Waals surface area contributed by atoms with Crippen molar-refractivity contribution in [1.82, 2.24) is 8.87 Å². The van der Waals surface area contributed by atoms with Gasteiger partial charge in [-0.3, -0.25) is 4.79 Å². The second-order valence-corrected chi connectivity index (χ2v) is 9.91. The largest absolute Gasteiger partial charge is 0.496 e. The maximum Gasteiger partial charge on any atom is 0.257 e. The van der Waals surface area contributed by atoms with E-state index in [4.69, 9.17) is 4.74 Å². The van der Waals surface area contributed by atoms with Crippen LogP contribution < -0.4 is 4.74 Å². The number of benzene rings is 2. The molecular weight excluding hydrogens is 419 g/mol. The van der Waals surface area contributed by atoms with Crippen molar-refractivity contribution >= 4 is 26.8 Å². The summed E-state index contributed by atoms with van der Waals surface area (Å²) in [6.45, 7) is 1.27. The molecule has 1 aliphatic heterocycles. The van der Waals surface area contributed by atoms with Gasteiger partial charge in [-0.05, 0) is 55.0 Å². The zero-order valence-corrected chi connectivity index (χ0v) is 18.4. The normalized spacial score (nSPS) is 15.4. The Kier molecular flexibility index (Phi) is 5.75. The zero-order chi connectivity index (χ0) is 22.2. The molecule has 1 saturated heterocycles. The van der Waals surface area contributed by atoms with Crippen LogP contribution in [-0.4, -0.2) is 49.7 Å². The Bertz CT molecular complexity index is 1210. The fraction of sp³-hybridized carbons (Fsp3) is 0.348. The highest BCUT2D eigenvalue weighted by Crippen LogP contribution is 2.30. The van der Waals surface area contributed by atoms with Crippen LogP contribution in [0.3, 0.4) is 0 Å². The molecule has 0 spiro atoms. The van der Waals surface area contributed by atoms with Crippen molar-refractivity contribution in [3.63, 3.8) is 0 Å². The summed E-state index contributed by atoms with van der Waals surface area (Å²) in [7, 11) is -1.98. The first-order valence-corrected chi connectivity index (χ1v) is 12.0. The van der Waals surface area contributed by atoms with Crippen molar-refractivity contribution in [2.75, 3.05) is 26.5 Å². The molecule has 2 heterocycles. The minimum Gasteiger partial charge on any atom is -0.496 e. The summed E-state index contributed by atoms with van der Waals surface area (Å²) >= 11 is 0. The highest BCUT2D eigenvalue weighted by molar-refractivity contribution is 7.89. The Morgan fingerprint density at radius 1 is 1.13 bits per heavy atom. The van der Waals surface area contributed by atoms with E-state index in [-0.39, 0.29) is 11.7 Å². The Labute approximate surface area is 181 Å². The number of hydrogen-bond acceptors (Lipinski definition) is 4. The maximum absolute atomic E-state index is 13.2. The summed E-state index contributed by atoms with van der Waals surface area (Å²) in [5.74, 6) is 0.449. The molecule has 0 radical (unpaired) electrons. The lowest BCUT2D eigenvalue weighted by molar-refractivity contribution is 0.0687. The van der Waals surface area contributed by atoms with Crippen LogP contribution in [0.15, 0.2) is 48.7 Å². The molecule has 31 heavy (non-hydrogen) atoms. The minimum atomic E-state index is -3.45. The van der Waals surface area contributed by atoms with Crippen LogP contribution in [0.1, 0.15) is 28.8 Å². The lowest BCUT2D eigenvalue weighted by atomic mass is 9.90. The van der Waals surface area contributed by atoms with Crippen LogP contribution in [-0.2, 0) is 16.4 Å². The molecule has 0 unspecified atom stereocenters. The standard InChI is InChI=1S/C23H25FN2O4S/c1-30-22-15-21-18(9-12-26(21)31(2,28)29)14-20(22)23(27)25-10-7-17(8-11-25)13-16-3-5-19(24)6-4-16/h3-6,9,12,14-15,17H,7-8,10-11,13H2,1-2H3. The Hall–Kier alpha value is -2.87. The number of aromatic nitrogens is 1. The average Bonchev–Trinajstić information content (AvgIpc) is 3.18. The van der Waals surface area contributed by atoms with E-state index in [1.165, 1.54) is 29.4 Å². The number of halogens is 1. The van der Waals surface area contributed by atoms with E-state index in [9.17, 15) is 17.6 Å². The molecule has 8 heteroatoms. The van der Waals surface area contributed by atoms with Crippen LogP contribution in [0.5, 0.6) is 5.75 Å². The van der Waals surface area contributed by atoms with Gasteiger partial charge in [0.25, 0.3) is 5.91 Å². The van der Waals surface area contributed by atoms with Crippen LogP contribution in [0.4, 0.5) is 4.39 Å². The number of amides is 1. The van der Waals surface area contributed by atoms with Gasteiger partial charge in [0.15, 0.2) is 0 Å². The summed E-state index contributed by atoms with van der Waals surface area (Å²) in [4.78, 5) is 15.0. The lowest BCUT2D eigenvalue weighted by Crippen LogP contribution is -2.39. The topological polar surface area (TPSA) is 68.6 Å². The molecule has 0 aliphatic carbocycles. The van der Waals surface area contributed by atoms with Gasteiger partial charge < -0.3 is 9.64 Å². The quantitative estimate of drug-likeness (QED) is 0.602. The number of fused-ring (bicyclic) bond motifs is 1. The summed E-state index contributed by atoms with van der Waals surface area (Å²) in [6, 6.07) is 11.6. The number of carbonyl (C=O) groups is 1. The molecule has 164 valence electrons. The molecular formula is C23H25FN2O4S. The molecule has 0 bridgehead atoms. The molecule has 0 saturated carbocycles. The van der Waals surface area contributed by atoms with Gasteiger partial charge in [-0.2, -0.15) is 0 Å². The van der Waals surface area contributed by atoms with E-state index >= 15 is 0 Å². The van der Waals surface area contributed by atoms with Crippen molar-refractivity contribution in [2.24, 2.45) is 5.92 Å². The smallest absolute Gasteiger partial charge is 0.257 e. The number of carbonyl (C=O) groups excluding carboxylic acids is 1. The fourth-order valence-corrected chi connectivity index (χ4v) is 5.03. The number of ether oxygens (including phenoxy) is 1. The number of nitrogens with zero attached hydrogens (tertiary/aromatic N) is 2. The molecule has 6 nitrogen and oxygen atoms in total. The van der Waals surface area contributed by atoms with Crippen molar-refractivity contribution in [2.45, 2.75) is 19.3 Å². The minimum absolute atomic E-state index is 0.119. The van der Waals surface area contributed by atoms with Crippen molar-refractivity contribution in [3.05, 3.63) is 65.6 Å². The number of likely N-dealkylation sites (tertiary alicyclic amines) is 1. The van der Waals surface area contributed by atoms with Crippen LogP contribution in [0.2, 0.25) is 0 Å². The molecule has 3 aromatic rings. The van der Waals surface area contributed by atoms with E-state index in [1.807, 2.05) is 17.0 Å². The van der Waals surface area contributed by atoms with E-state index in [0.717, 1.165) is 31.1 Å². The van der Waals surface area contributed by atoms with Crippen molar-refractivity contribution < 1.29 is 22.3 Å². The number of rotatable bonds is 5. The van der Waals surface area contributed by atoms with Crippen LogP contribution in [0, 0.1) is 11.7 Å². The third-order valence-corrected chi connectivity index (χ3v) is 6.94. The van der Waals surface area contributed by atoms with Gasteiger partial charge in [0.05, 0.1) is 24.4 Å². The number of methoxy groups -OCH3 is 1. The van der Waals surface area contributed by atoms with Gasteiger partial charge in [-0.25, -0.2) is 16.8 Å². The van der Waals surface area contributed by atoms with E-state index in [2.05, 4.69) is 0 Å². The first kappa shape index (κ1) is 21.4. The van der Waals surface area contributed by atoms with Gasteiger partial charge in [0.1, 0.15) is 11.6 Å². The number of hydrogen-bond donors (Lipinski definition) is 0. The molecule has 1 aromatic heterocycles. The summed E-state index contributed by atoms with van der Waals surface area (Å²) < 4.78 is 43.7. The summed E-state index contributed by atoms with van der Waals surface area (Å²) in [5.41, 5.74) is 2.01. The Morgan fingerprint density at radius 3 is 2.42 bits per heavy atom. The highest BCUT2D eigenvalue weighted by atomic mass is 32.2. The number of piperidine rings is 1. The molecule has 0 N–H and O–H groups in total. The summed E-state index contributed by atoms with van der Waals surface area (Å²) in [6.07, 6.45) is 5.23. The summed E-state index contributed by atoms with van der Waals surface area (Å²) in [5, 5.41) is 0.667. The highest BCUT2D eigenvalue weighted by Gasteiger charge is 2.26. The molecule has 2 aromatic carbocycles. The molecule has 1 amide bonds. The van der Waals surface area contributed by atoms with E-state index < -0.39 is 10.0 Å². The SMILES string of the molecule is COc1cc2c(ccn2S(C)(=O)=O)cc1C(=O)N1CCC(Cc2ccc(F)cc2)CC1. The van der Waals surface area contributed by atoms with Gasteiger partial charge >= 0.3 is 0 Å². The lowest BCUT2D eigenvalue weighted by Gasteiger charge is -2.32. The van der Waals surface area contributed by atoms with E-state index in [1.54, 1.807) is 18.2 Å². The Morgan fingerprint density at radius 2 is 1.81 bits per heavy atom. The van der Waals surface area contributed by atoms with Gasteiger partial charge in [0, 0.05) is 30.7 Å². The van der Waals surface area contributed by atoms with Crippen molar-refractivity contribution in [1.29, 1.82) is 0 Å². The molecule has 0 atom stereocenters. The first-order valence-electron chi connectivity index (χ1n) is 10.2. The first-order chi connectivity index (χ1) is 14.8. The van der Waals surface area contributed by atoms with Crippen LogP contribution in [0.25, 0.3) is 10.9 Å². The Balaban J connectivity index is 1.50. The maximum atomic E-state index is 13.2. The molecule has 1 fully saturated rings.